The zero-order chi connectivity index (χ0) is 12.4. The number of hydrogen-bond donors (Lipinski definition) is 2. The summed E-state index contributed by atoms with van der Waals surface area (Å²) in [7, 11) is 1.99. The lowest BCUT2D eigenvalue weighted by molar-refractivity contribution is 0.447. The Balaban J connectivity index is 1.71. The number of hydrogen-bond acceptors (Lipinski definition) is 4. The molecule has 1 unspecified atom stereocenters. The topological polar surface area (TPSA) is 71.4 Å². The third-order valence-electron chi connectivity index (χ3n) is 3.46. The van der Waals surface area contributed by atoms with Gasteiger partial charge in [0.1, 0.15) is 11.6 Å². The Bertz CT molecular complexity index is 508. The molecule has 3 rings (SSSR count). The fourth-order valence-corrected chi connectivity index (χ4v) is 2.36. The number of H-pyrrole nitrogens is 1. The molecule has 1 aliphatic rings. The molecule has 0 amide bonds. The largest absolute Gasteiger partial charge is 0.338 e. The normalized spacial score (nSPS) is 20.2. The van der Waals surface area contributed by atoms with E-state index in [9.17, 15) is 0 Å². The molecule has 1 aliphatic heterocycles. The van der Waals surface area contributed by atoms with Gasteiger partial charge in [-0.05, 0) is 19.4 Å². The van der Waals surface area contributed by atoms with Gasteiger partial charge in [-0.15, -0.1) is 0 Å². The summed E-state index contributed by atoms with van der Waals surface area (Å²) < 4.78 is 2.00. The molecule has 6 heteroatoms. The van der Waals surface area contributed by atoms with Crippen LogP contribution in [0.15, 0.2) is 12.4 Å². The molecule has 0 radical (unpaired) electrons. The predicted molar refractivity (Wildman–Crippen MR) is 67.2 cm³/mol. The van der Waals surface area contributed by atoms with Crippen molar-refractivity contribution in [1.29, 1.82) is 0 Å². The van der Waals surface area contributed by atoms with Crippen LogP contribution in [-0.2, 0) is 13.5 Å². The van der Waals surface area contributed by atoms with E-state index in [-0.39, 0.29) is 0 Å². The van der Waals surface area contributed by atoms with Crippen molar-refractivity contribution in [3.8, 4) is 0 Å². The number of rotatable bonds is 3. The minimum Gasteiger partial charge on any atom is -0.338 e. The lowest BCUT2D eigenvalue weighted by atomic mass is 9.99. The molecule has 6 nitrogen and oxygen atoms in total. The number of imidazole rings is 1. The summed E-state index contributed by atoms with van der Waals surface area (Å²) in [4.78, 5) is 8.89. The molecule has 0 spiro atoms. The molecule has 96 valence electrons. The second-order valence-electron chi connectivity index (χ2n) is 4.81. The molecule has 18 heavy (non-hydrogen) atoms. The molecular formula is C12H18N6. The first-order valence-corrected chi connectivity index (χ1v) is 6.41. The molecule has 0 saturated carbocycles. The van der Waals surface area contributed by atoms with E-state index in [1.54, 1.807) is 6.20 Å². The van der Waals surface area contributed by atoms with Crippen molar-refractivity contribution in [3.05, 3.63) is 29.9 Å². The summed E-state index contributed by atoms with van der Waals surface area (Å²) in [5.41, 5.74) is 0. The summed E-state index contributed by atoms with van der Waals surface area (Å²) in [5.74, 6) is 3.28. The Hall–Kier alpha value is -1.69. The van der Waals surface area contributed by atoms with Crippen molar-refractivity contribution >= 4 is 0 Å². The molecule has 0 bridgehead atoms. The van der Waals surface area contributed by atoms with E-state index in [4.69, 9.17) is 0 Å². The maximum Gasteiger partial charge on any atom is 0.155 e. The van der Waals surface area contributed by atoms with E-state index < -0.39 is 0 Å². The van der Waals surface area contributed by atoms with Crippen LogP contribution in [0.3, 0.4) is 0 Å². The summed E-state index contributed by atoms with van der Waals surface area (Å²) in [5, 5.41) is 10.8. The highest BCUT2D eigenvalue weighted by Crippen LogP contribution is 2.19. The molecular weight excluding hydrogens is 228 g/mol. The Morgan fingerprint density at radius 3 is 3.17 bits per heavy atom. The molecule has 0 aromatic carbocycles. The highest BCUT2D eigenvalue weighted by Gasteiger charge is 2.19. The van der Waals surface area contributed by atoms with Gasteiger partial charge >= 0.3 is 0 Å². The first-order valence-electron chi connectivity index (χ1n) is 6.41. The summed E-state index contributed by atoms with van der Waals surface area (Å²) in [6.45, 7) is 2.10. The monoisotopic (exact) mass is 246 g/mol. The third-order valence-corrected chi connectivity index (χ3v) is 3.46. The van der Waals surface area contributed by atoms with Gasteiger partial charge in [0.05, 0.1) is 6.42 Å². The fourth-order valence-electron chi connectivity index (χ4n) is 2.36. The van der Waals surface area contributed by atoms with Gasteiger partial charge < -0.3 is 9.88 Å². The Labute approximate surface area is 106 Å². The van der Waals surface area contributed by atoms with E-state index >= 15 is 0 Å². The number of nitrogens with zero attached hydrogens (tertiary/aromatic N) is 4. The minimum absolute atomic E-state index is 0.449. The SMILES string of the molecule is Cn1ccnc1Cc1nc(C2CCCNC2)n[nH]1. The number of aromatic nitrogens is 5. The van der Waals surface area contributed by atoms with Crippen molar-refractivity contribution in [1.82, 2.24) is 30.0 Å². The second kappa shape index (κ2) is 4.89. The molecule has 3 heterocycles. The molecule has 1 fully saturated rings. The van der Waals surface area contributed by atoms with E-state index in [2.05, 4.69) is 25.5 Å². The molecule has 2 N–H and O–H groups in total. The number of nitrogens with one attached hydrogen (secondary N) is 2. The number of aryl methyl sites for hydroxylation is 1. The van der Waals surface area contributed by atoms with Crippen molar-refractivity contribution < 1.29 is 0 Å². The quantitative estimate of drug-likeness (QED) is 0.831. The standard InChI is InChI=1S/C12H18N6/c1-18-6-5-14-11(18)7-10-15-12(17-16-10)9-3-2-4-13-8-9/h5-6,9,13H,2-4,7-8H2,1H3,(H,15,16,17). The Morgan fingerprint density at radius 2 is 2.44 bits per heavy atom. The summed E-state index contributed by atoms with van der Waals surface area (Å²) in [6, 6.07) is 0. The van der Waals surface area contributed by atoms with E-state index in [0.717, 1.165) is 30.6 Å². The van der Waals surface area contributed by atoms with E-state index in [0.29, 0.717) is 12.3 Å². The van der Waals surface area contributed by atoms with Crippen molar-refractivity contribution in [2.45, 2.75) is 25.2 Å². The fraction of sp³-hybridized carbons (Fsp3) is 0.583. The summed E-state index contributed by atoms with van der Waals surface area (Å²) in [6.07, 6.45) is 6.83. The van der Waals surface area contributed by atoms with Crippen LogP contribution in [0.5, 0.6) is 0 Å². The Kier molecular flexibility index (Phi) is 3.10. The second-order valence-corrected chi connectivity index (χ2v) is 4.81. The molecule has 2 aromatic heterocycles. The maximum atomic E-state index is 4.59. The third kappa shape index (κ3) is 2.28. The first kappa shape index (κ1) is 11.4. The van der Waals surface area contributed by atoms with Gasteiger partial charge in [-0.25, -0.2) is 9.97 Å². The van der Waals surface area contributed by atoms with E-state index in [1.165, 1.54) is 12.8 Å². The van der Waals surface area contributed by atoms with Gasteiger partial charge in [0, 0.05) is 31.9 Å². The Morgan fingerprint density at radius 1 is 1.50 bits per heavy atom. The van der Waals surface area contributed by atoms with Crippen LogP contribution >= 0.6 is 0 Å². The lowest BCUT2D eigenvalue weighted by Gasteiger charge is -2.19. The minimum atomic E-state index is 0.449. The van der Waals surface area contributed by atoms with Crippen LogP contribution in [0.2, 0.25) is 0 Å². The van der Waals surface area contributed by atoms with Gasteiger partial charge in [0.25, 0.3) is 0 Å². The van der Waals surface area contributed by atoms with Crippen LogP contribution in [-0.4, -0.2) is 37.8 Å². The smallest absolute Gasteiger partial charge is 0.155 e. The summed E-state index contributed by atoms with van der Waals surface area (Å²) >= 11 is 0. The van der Waals surface area contributed by atoms with Crippen LogP contribution < -0.4 is 5.32 Å². The van der Waals surface area contributed by atoms with Crippen molar-refractivity contribution in [3.63, 3.8) is 0 Å². The van der Waals surface area contributed by atoms with Crippen LogP contribution in [0, 0.1) is 0 Å². The van der Waals surface area contributed by atoms with Crippen molar-refractivity contribution in [2.75, 3.05) is 13.1 Å². The number of piperidine rings is 1. The number of aromatic amines is 1. The zero-order valence-electron chi connectivity index (χ0n) is 10.6. The highest BCUT2D eigenvalue weighted by molar-refractivity contribution is 5.05. The first-order chi connectivity index (χ1) is 8.83. The average molecular weight is 246 g/mol. The molecule has 1 atom stereocenters. The van der Waals surface area contributed by atoms with E-state index in [1.807, 2.05) is 17.8 Å². The predicted octanol–water partition coefficient (Wildman–Crippen LogP) is 0.596. The average Bonchev–Trinajstić information content (AvgIpc) is 3.02. The molecule has 1 saturated heterocycles. The molecule has 2 aromatic rings. The molecule has 0 aliphatic carbocycles. The van der Waals surface area contributed by atoms with Gasteiger partial charge in [0.2, 0.25) is 0 Å². The van der Waals surface area contributed by atoms with Crippen LogP contribution in [0.1, 0.15) is 36.2 Å². The van der Waals surface area contributed by atoms with Gasteiger partial charge in [-0.3, -0.25) is 5.10 Å². The van der Waals surface area contributed by atoms with Gasteiger partial charge in [0.15, 0.2) is 5.82 Å². The highest BCUT2D eigenvalue weighted by atomic mass is 15.2. The maximum absolute atomic E-state index is 4.59. The van der Waals surface area contributed by atoms with Crippen LogP contribution in [0.25, 0.3) is 0 Å². The van der Waals surface area contributed by atoms with Gasteiger partial charge in [-0.2, -0.15) is 5.10 Å². The zero-order valence-corrected chi connectivity index (χ0v) is 10.6. The van der Waals surface area contributed by atoms with Crippen molar-refractivity contribution in [2.24, 2.45) is 7.05 Å². The lowest BCUT2D eigenvalue weighted by Crippen LogP contribution is -2.28. The van der Waals surface area contributed by atoms with Crippen LogP contribution in [0.4, 0.5) is 0 Å². The van der Waals surface area contributed by atoms with Gasteiger partial charge in [-0.1, -0.05) is 0 Å².